The molecule has 1 rings (SSSR count). The SMILES string of the molecule is CCC1NCC(C)C(C)C1C. The molecule has 0 aliphatic carbocycles. The molecular weight excluding hydrogens is 134 g/mol. The molecule has 0 spiro atoms. The lowest BCUT2D eigenvalue weighted by Crippen LogP contribution is -2.47. The van der Waals surface area contributed by atoms with Gasteiger partial charge in [-0.15, -0.1) is 0 Å². The zero-order chi connectivity index (χ0) is 8.43. The first-order valence-electron chi connectivity index (χ1n) is 4.90. The van der Waals surface area contributed by atoms with Gasteiger partial charge in [-0.3, -0.25) is 0 Å². The van der Waals surface area contributed by atoms with E-state index in [-0.39, 0.29) is 0 Å². The molecule has 1 heteroatoms. The fourth-order valence-electron chi connectivity index (χ4n) is 2.11. The third-order valence-electron chi connectivity index (χ3n) is 3.50. The lowest BCUT2D eigenvalue weighted by molar-refractivity contribution is 0.156. The van der Waals surface area contributed by atoms with Crippen LogP contribution in [0.3, 0.4) is 0 Å². The van der Waals surface area contributed by atoms with Gasteiger partial charge in [0.15, 0.2) is 0 Å². The molecule has 1 saturated heterocycles. The average molecular weight is 155 g/mol. The Morgan fingerprint density at radius 1 is 1.18 bits per heavy atom. The first-order chi connectivity index (χ1) is 5.16. The summed E-state index contributed by atoms with van der Waals surface area (Å²) in [4.78, 5) is 0. The molecule has 11 heavy (non-hydrogen) atoms. The molecule has 1 aliphatic rings. The number of hydrogen-bond donors (Lipinski definition) is 1. The van der Waals surface area contributed by atoms with Crippen LogP contribution in [0.15, 0.2) is 0 Å². The summed E-state index contributed by atoms with van der Waals surface area (Å²) in [6.07, 6.45) is 1.28. The summed E-state index contributed by atoms with van der Waals surface area (Å²) in [5.41, 5.74) is 0. The van der Waals surface area contributed by atoms with Crippen molar-refractivity contribution in [2.45, 2.75) is 40.2 Å². The Hall–Kier alpha value is -0.0400. The molecular formula is C10H21N. The monoisotopic (exact) mass is 155 g/mol. The second kappa shape index (κ2) is 3.57. The summed E-state index contributed by atoms with van der Waals surface area (Å²) < 4.78 is 0. The van der Waals surface area contributed by atoms with E-state index in [4.69, 9.17) is 0 Å². The van der Waals surface area contributed by atoms with Crippen molar-refractivity contribution in [3.05, 3.63) is 0 Å². The number of piperidine rings is 1. The minimum absolute atomic E-state index is 0.765. The van der Waals surface area contributed by atoms with Crippen LogP contribution in [0.25, 0.3) is 0 Å². The van der Waals surface area contributed by atoms with Crippen molar-refractivity contribution < 1.29 is 0 Å². The van der Waals surface area contributed by atoms with E-state index in [1.807, 2.05) is 0 Å². The predicted octanol–water partition coefficient (Wildman–Crippen LogP) is 2.28. The number of rotatable bonds is 1. The zero-order valence-corrected chi connectivity index (χ0v) is 8.22. The van der Waals surface area contributed by atoms with Gasteiger partial charge in [-0.25, -0.2) is 0 Å². The van der Waals surface area contributed by atoms with Crippen molar-refractivity contribution in [3.63, 3.8) is 0 Å². The Balaban J connectivity index is 2.52. The van der Waals surface area contributed by atoms with Crippen molar-refractivity contribution in [2.75, 3.05) is 6.54 Å². The zero-order valence-electron chi connectivity index (χ0n) is 8.22. The van der Waals surface area contributed by atoms with Crippen LogP contribution in [-0.4, -0.2) is 12.6 Å². The van der Waals surface area contributed by atoms with Crippen molar-refractivity contribution in [1.29, 1.82) is 0 Å². The van der Waals surface area contributed by atoms with E-state index >= 15 is 0 Å². The van der Waals surface area contributed by atoms with Crippen LogP contribution in [0.2, 0.25) is 0 Å². The summed E-state index contributed by atoms with van der Waals surface area (Å²) in [6, 6.07) is 0.765. The van der Waals surface area contributed by atoms with Gasteiger partial charge in [0.25, 0.3) is 0 Å². The Kier molecular flexibility index (Phi) is 2.94. The number of nitrogens with one attached hydrogen (secondary N) is 1. The molecule has 4 atom stereocenters. The quantitative estimate of drug-likeness (QED) is 0.612. The van der Waals surface area contributed by atoms with Crippen LogP contribution in [0.5, 0.6) is 0 Å². The van der Waals surface area contributed by atoms with Gasteiger partial charge in [0, 0.05) is 6.04 Å². The highest BCUT2D eigenvalue weighted by atomic mass is 14.9. The maximum Gasteiger partial charge on any atom is 0.00928 e. The molecule has 0 bridgehead atoms. The molecule has 1 aliphatic heterocycles. The van der Waals surface area contributed by atoms with Crippen LogP contribution < -0.4 is 5.32 Å². The van der Waals surface area contributed by atoms with Crippen LogP contribution in [0.1, 0.15) is 34.1 Å². The van der Waals surface area contributed by atoms with Gasteiger partial charge in [0.2, 0.25) is 0 Å². The van der Waals surface area contributed by atoms with E-state index in [1.165, 1.54) is 13.0 Å². The highest BCUT2D eigenvalue weighted by Gasteiger charge is 2.29. The molecule has 4 unspecified atom stereocenters. The molecule has 0 radical (unpaired) electrons. The topological polar surface area (TPSA) is 12.0 Å². The van der Waals surface area contributed by atoms with E-state index in [9.17, 15) is 0 Å². The summed E-state index contributed by atoms with van der Waals surface area (Å²) in [5, 5.41) is 3.60. The molecule has 0 aromatic carbocycles. The molecule has 66 valence electrons. The maximum absolute atomic E-state index is 3.60. The summed E-state index contributed by atoms with van der Waals surface area (Å²) >= 11 is 0. The van der Waals surface area contributed by atoms with Crippen molar-refractivity contribution in [2.24, 2.45) is 17.8 Å². The molecule has 1 N–H and O–H groups in total. The Bertz CT molecular complexity index is 120. The van der Waals surface area contributed by atoms with Crippen molar-refractivity contribution in [1.82, 2.24) is 5.32 Å². The van der Waals surface area contributed by atoms with Gasteiger partial charge in [-0.05, 0) is 30.7 Å². The van der Waals surface area contributed by atoms with Gasteiger partial charge in [-0.1, -0.05) is 27.7 Å². The minimum Gasteiger partial charge on any atom is -0.313 e. The molecule has 1 nitrogen and oxygen atoms in total. The molecule has 1 heterocycles. The van der Waals surface area contributed by atoms with E-state index in [1.54, 1.807) is 0 Å². The van der Waals surface area contributed by atoms with Crippen molar-refractivity contribution >= 4 is 0 Å². The minimum atomic E-state index is 0.765. The van der Waals surface area contributed by atoms with E-state index < -0.39 is 0 Å². The van der Waals surface area contributed by atoms with Crippen LogP contribution >= 0.6 is 0 Å². The molecule has 0 aromatic rings. The highest BCUT2D eigenvalue weighted by Crippen LogP contribution is 2.28. The second-order valence-electron chi connectivity index (χ2n) is 4.12. The van der Waals surface area contributed by atoms with Crippen LogP contribution in [0, 0.1) is 17.8 Å². The first kappa shape index (κ1) is 9.05. The summed E-state index contributed by atoms with van der Waals surface area (Å²) in [6.45, 7) is 10.6. The van der Waals surface area contributed by atoms with Crippen molar-refractivity contribution in [3.8, 4) is 0 Å². The number of hydrogen-bond acceptors (Lipinski definition) is 1. The average Bonchev–Trinajstić information content (AvgIpc) is 2.01. The van der Waals surface area contributed by atoms with Gasteiger partial charge in [-0.2, -0.15) is 0 Å². The van der Waals surface area contributed by atoms with Gasteiger partial charge in [0.1, 0.15) is 0 Å². The normalized spacial score (nSPS) is 45.8. The highest BCUT2D eigenvalue weighted by molar-refractivity contribution is 4.84. The van der Waals surface area contributed by atoms with Crippen LogP contribution in [0.4, 0.5) is 0 Å². The molecule has 0 aromatic heterocycles. The standard InChI is InChI=1S/C10H21N/c1-5-10-9(4)8(3)7(2)6-11-10/h7-11H,5-6H2,1-4H3. The van der Waals surface area contributed by atoms with Gasteiger partial charge >= 0.3 is 0 Å². The molecule has 0 saturated carbocycles. The second-order valence-corrected chi connectivity index (χ2v) is 4.12. The Labute approximate surface area is 70.6 Å². The fourth-order valence-corrected chi connectivity index (χ4v) is 2.11. The van der Waals surface area contributed by atoms with E-state index in [0.717, 1.165) is 23.8 Å². The maximum atomic E-state index is 3.60. The Morgan fingerprint density at radius 2 is 1.82 bits per heavy atom. The van der Waals surface area contributed by atoms with E-state index in [2.05, 4.69) is 33.0 Å². The Morgan fingerprint density at radius 3 is 2.36 bits per heavy atom. The fraction of sp³-hybridized carbons (Fsp3) is 1.00. The smallest absolute Gasteiger partial charge is 0.00928 e. The van der Waals surface area contributed by atoms with Gasteiger partial charge in [0.05, 0.1) is 0 Å². The first-order valence-corrected chi connectivity index (χ1v) is 4.90. The summed E-state index contributed by atoms with van der Waals surface area (Å²) in [5.74, 6) is 2.60. The van der Waals surface area contributed by atoms with Crippen LogP contribution in [-0.2, 0) is 0 Å². The molecule has 0 amide bonds. The summed E-state index contributed by atoms with van der Waals surface area (Å²) in [7, 11) is 0. The van der Waals surface area contributed by atoms with Gasteiger partial charge < -0.3 is 5.32 Å². The van der Waals surface area contributed by atoms with E-state index in [0.29, 0.717) is 0 Å². The third-order valence-corrected chi connectivity index (χ3v) is 3.50. The predicted molar refractivity (Wildman–Crippen MR) is 49.6 cm³/mol. The largest absolute Gasteiger partial charge is 0.313 e. The lowest BCUT2D eigenvalue weighted by atomic mass is 9.77. The third kappa shape index (κ3) is 1.76. The molecule has 1 fully saturated rings. The lowest BCUT2D eigenvalue weighted by Gasteiger charge is -2.39.